The molecule has 4 nitrogen and oxygen atoms in total. The van der Waals surface area contributed by atoms with Crippen LogP contribution in [0.5, 0.6) is 0 Å². The van der Waals surface area contributed by atoms with Gasteiger partial charge in [0, 0.05) is 13.7 Å². The predicted octanol–water partition coefficient (Wildman–Crippen LogP) is 2.37. The number of methoxy groups -OCH3 is 1. The normalized spacial score (nSPS) is 12.3. The van der Waals surface area contributed by atoms with Gasteiger partial charge in [-0.1, -0.05) is 11.6 Å². The first-order valence-electron chi connectivity index (χ1n) is 5.62. The van der Waals surface area contributed by atoms with Gasteiger partial charge in [-0.2, -0.15) is 0 Å². The van der Waals surface area contributed by atoms with Gasteiger partial charge in [0.15, 0.2) is 0 Å². The molecule has 0 fully saturated rings. The van der Waals surface area contributed by atoms with E-state index in [0.29, 0.717) is 13.2 Å². The Labute approximate surface area is 111 Å². The zero-order valence-electron chi connectivity index (χ0n) is 10.6. The summed E-state index contributed by atoms with van der Waals surface area (Å²) >= 11 is 5.82. The van der Waals surface area contributed by atoms with Crippen molar-refractivity contribution in [3.05, 3.63) is 28.8 Å². The van der Waals surface area contributed by atoms with Gasteiger partial charge in [-0.3, -0.25) is 4.79 Å². The van der Waals surface area contributed by atoms with Gasteiger partial charge in [0.2, 0.25) is 0 Å². The molecule has 1 amide bonds. The highest BCUT2D eigenvalue weighted by Gasteiger charge is 2.22. The minimum atomic E-state index is -0.585. The molecule has 0 aromatic carbocycles. The standard InChI is InChI=1S/C12H16ClFN2O2/c1-4-16(8(2)7-18-3)12(17)10-5-9(14)6-15-11(10)13/h5-6,8H,4,7H2,1-3H3. The van der Waals surface area contributed by atoms with Crippen LogP contribution in [-0.4, -0.2) is 42.1 Å². The quantitative estimate of drug-likeness (QED) is 0.774. The molecule has 100 valence electrons. The molecule has 1 rings (SSSR count). The highest BCUT2D eigenvalue weighted by molar-refractivity contribution is 6.32. The lowest BCUT2D eigenvalue weighted by Crippen LogP contribution is -2.41. The number of hydrogen-bond acceptors (Lipinski definition) is 3. The van der Waals surface area contributed by atoms with E-state index in [2.05, 4.69) is 4.98 Å². The van der Waals surface area contributed by atoms with Crippen molar-refractivity contribution in [1.82, 2.24) is 9.88 Å². The Balaban J connectivity index is 2.99. The van der Waals surface area contributed by atoms with Crippen LogP contribution in [0.15, 0.2) is 12.3 Å². The molecule has 0 aliphatic heterocycles. The predicted molar refractivity (Wildman–Crippen MR) is 67.3 cm³/mol. The SMILES string of the molecule is CCN(C(=O)c1cc(F)cnc1Cl)C(C)COC. The number of hydrogen-bond donors (Lipinski definition) is 0. The summed E-state index contributed by atoms with van der Waals surface area (Å²) in [6, 6.07) is 0.978. The Morgan fingerprint density at radius 2 is 2.33 bits per heavy atom. The molecule has 0 aliphatic rings. The average Bonchev–Trinajstić information content (AvgIpc) is 2.33. The molecule has 0 aliphatic carbocycles. The molecule has 1 heterocycles. The van der Waals surface area contributed by atoms with Crippen LogP contribution in [-0.2, 0) is 4.74 Å². The molecular formula is C12H16ClFN2O2. The number of carbonyl (C=O) groups is 1. The van der Waals surface area contributed by atoms with Gasteiger partial charge in [0.1, 0.15) is 11.0 Å². The smallest absolute Gasteiger partial charge is 0.257 e. The minimum absolute atomic E-state index is 0.00414. The second-order valence-corrected chi connectivity index (χ2v) is 4.25. The van der Waals surface area contributed by atoms with Crippen molar-refractivity contribution in [2.24, 2.45) is 0 Å². The number of pyridine rings is 1. The summed E-state index contributed by atoms with van der Waals surface area (Å²) in [6.07, 6.45) is 0.980. The third-order valence-corrected chi connectivity index (χ3v) is 2.88. The van der Waals surface area contributed by atoms with Crippen molar-refractivity contribution in [2.45, 2.75) is 19.9 Å². The Bertz CT molecular complexity index is 429. The highest BCUT2D eigenvalue weighted by atomic mass is 35.5. The molecule has 0 saturated heterocycles. The second kappa shape index (κ2) is 6.66. The van der Waals surface area contributed by atoms with E-state index < -0.39 is 5.82 Å². The molecule has 0 saturated carbocycles. The van der Waals surface area contributed by atoms with E-state index in [1.165, 1.54) is 0 Å². The minimum Gasteiger partial charge on any atom is -0.383 e. The number of halogens is 2. The van der Waals surface area contributed by atoms with E-state index in [0.717, 1.165) is 12.3 Å². The number of nitrogens with zero attached hydrogens (tertiary/aromatic N) is 2. The summed E-state index contributed by atoms with van der Waals surface area (Å²) in [5.41, 5.74) is 0.0708. The van der Waals surface area contributed by atoms with Gasteiger partial charge < -0.3 is 9.64 Å². The molecule has 1 atom stereocenters. The largest absolute Gasteiger partial charge is 0.383 e. The lowest BCUT2D eigenvalue weighted by molar-refractivity contribution is 0.0578. The molecule has 0 bridgehead atoms. The Kier molecular flexibility index (Phi) is 5.50. The molecule has 1 aromatic heterocycles. The fraction of sp³-hybridized carbons (Fsp3) is 0.500. The molecule has 0 spiro atoms. The lowest BCUT2D eigenvalue weighted by Gasteiger charge is -2.27. The maximum absolute atomic E-state index is 13.1. The van der Waals surface area contributed by atoms with Crippen LogP contribution in [0.4, 0.5) is 4.39 Å². The summed E-state index contributed by atoms with van der Waals surface area (Å²) in [7, 11) is 1.56. The van der Waals surface area contributed by atoms with Crippen LogP contribution in [0.3, 0.4) is 0 Å². The van der Waals surface area contributed by atoms with Crippen molar-refractivity contribution in [3.63, 3.8) is 0 Å². The number of likely N-dealkylation sites (N-methyl/N-ethyl adjacent to an activating group) is 1. The number of amides is 1. The zero-order valence-corrected chi connectivity index (χ0v) is 11.4. The maximum Gasteiger partial charge on any atom is 0.257 e. The molecule has 0 radical (unpaired) electrons. The third kappa shape index (κ3) is 3.40. The van der Waals surface area contributed by atoms with Crippen molar-refractivity contribution in [1.29, 1.82) is 0 Å². The van der Waals surface area contributed by atoms with Gasteiger partial charge in [-0.05, 0) is 19.9 Å². The Hall–Kier alpha value is -1.20. The summed E-state index contributed by atoms with van der Waals surface area (Å²) in [6.45, 7) is 4.58. The summed E-state index contributed by atoms with van der Waals surface area (Å²) < 4.78 is 18.1. The van der Waals surface area contributed by atoms with Crippen LogP contribution in [0.2, 0.25) is 5.15 Å². The van der Waals surface area contributed by atoms with Crippen molar-refractivity contribution >= 4 is 17.5 Å². The summed E-state index contributed by atoms with van der Waals surface area (Å²) in [4.78, 5) is 17.4. The summed E-state index contributed by atoms with van der Waals surface area (Å²) in [5, 5.41) is 0.00414. The van der Waals surface area contributed by atoms with Crippen LogP contribution in [0, 0.1) is 5.82 Å². The number of rotatable bonds is 5. The maximum atomic E-state index is 13.1. The number of aromatic nitrogens is 1. The van der Waals surface area contributed by atoms with Crippen molar-refractivity contribution in [3.8, 4) is 0 Å². The fourth-order valence-electron chi connectivity index (χ4n) is 1.71. The molecule has 6 heteroatoms. The van der Waals surface area contributed by atoms with Crippen LogP contribution < -0.4 is 0 Å². The van der Waals surface area contributed by atoms with Gasteiger partial charge in [-0.15, -0.1) is 0 Å². The molecule has 1 aromatic rings. The number of carbonyl (C=O) groups excluding carboxylic acids is 1. The first kappa shape index (κ1) is 14.9. The first-order valence-corrected chi connectivity index (χ1v) is 6.00. The van der Waals surface area contributed by atoms with Gasteiger partial charge in [0.25, 0.3) is 5.91 Å². The van der Waals surface area contributed by atoms with Crippen molar-refractivity contribution in [2.75, 3.05) is 20.3 Å². The van der Waals surface area contributed by atoms with Crippen LogP contribution in [0.25, 0.3) is 0 Å². The van der Waals surface area contributed by atoms with Gasteiger partial charge in [0.05, 0.1) is 24.4 Å². The fourth-order valence-corrected chi connectivity index (χ4v) is 1.90. The van der Waals surface area contributed by atoms with Gasteiger partial charge in [-0.25, -0.2) is 9.37 Å². The topological polar surface area (TPSA) is 42.4 Å². The summed E-state index contributed by atoms with van der Waals surface area (Å²) in [5.74, 6) is -0.933. The monoisotopic (exact) mass is 274 g/mol. The van der Waals surface area contributed by atoms with E-state index >= 15 is 0 Å². The third-order valence-electron chi connectivity index (χ3n) is 2.58. The van der Waals surface area contributed by atoms with Crippen LogP contribution in [0.1, 0.15) is 24.2 Å². The van der Waals surface area contributed by atoms with E-state index in [9.17, 15) is 9.18 Å². The van der Waals surface area contributed by atoms with E-state index in [1.807, 2.05) is 13.8 Å². The Morgan fingerprint density at radius 3 is 2.89 bits per heavy atom. The van der Waals surface area contributed by atoms with Gasteiger partial charge >= 0.3 is 0 Å². The average molecular weight is 275 g/mol. The molecule has 0 N–H and O–H groups in total. The zero-order chi connectivity index (χ0) is 13.7. The molecule has 18 heavy (non-hydrogen) atoms. The van der Waals surface area contributed by atoms with E-state index in [1.54, 1.807) is 12.0 Å². The second-order valence-electron chi connectivity index (χ2n) is 3.89. The number of ether oxygens (including phenoxy) is 1. The highest BCUT2D eigenvalue weighted by Crippen LogP contribution is 2.17. The lowest BCUT2D eigenvalue weighted by atomic mass is 10.2. The van der Waals surface area contributed by atoms with Crippen molar-refractivity contribution < 1.29 is 13.9 Å². The van der Waals surface area contributed by atoms with E-state index in [-0.39, 0.29) is 22.7 Å². The van der Waals surface area contributed by atoms with E-state index in [4.69, 9.17) is 16.3 Å². The Morgan fingerprint density at radius 1 is 1.67 bits per heavy atom. The molecular weight excluding hydrogens is 259 g/mol. The first-order chi connectivity index (χ1) is 8.51. The van der Waals surface area contributed by atoms with Crippen LogP contribution >= 0.6 is 11.6 Å². The molecule has 1 unspecified atom stereocenters.